The van der Waals surface area contributed by atoms with E-state index in [1.165, 1.54) is 6.33 Å². The average Bonchev–Trinajstić information content (AvgIpc) is 2.59. The monoisotopic (exact) mass is 208 g/mol. The van der Waals surface area contributed by atoms with Gasteiger partial charge in [0, 0.05) is 6.42 Å². The molecule has 0 aromatic carbocycles. The predicted molar refractivity (Wildman–Crippen MR) is 52.8 cm³/mol. The van der Waals surface area contributed by atoms with Crippen LogP contribution in [-0.2, 0) is 4.79 Å². The maximum absolute atomic E-state index is 11.1. The molecule has 0 amide bonds. The summed E-state index contributed by atoms with van der Waals surface area (Å²) in [6.07, 6.45) is 3.56. The lowest BCUT2D eigenvalue weighted by Crippen LogP contribution is -1.87. The number of carbonyl (C=O) groups is 1. The van der Waals surface area contributed by atoms with Crippen LogP contribution in [0.5, 0.6) is 0 Å². The van der Waals surface area contributed by atoms with E-state index in [0.29, 0.717) is 17.2 Å². The van der Waals surface area contributed by atoms with Gasteiger partial charge in [0.1, 0.15) is 11.8 Å². The van der Waals surface area contributed by atoms with Gasteiger partial charge >= 0.3 is 0 Å². The Labute approximate surface area is 84.4 Å². The third-order valence-corrected chi connectivity index (χ3v) is 2.54. The summed E-state index contributed by atoms with van der Waals surface area (Å²) in [4.78, 5) is 26.0. The van der Waals surface area contributed by atoms with E-state index < -0.39 is 0 Å². The molecule has 0 spiro atoms. The van der Waals surface area contributed by atoms with Crippen LogP contribution < -0.4 is 0 Å². The van der Waals surface area contributed by atoms with Crippen LogP contribution in [-0.4, -0.2) is 25.1 Å². The van der Waals surface area contributed by atoms with Crippen LogP contribution in [0.4, 0.5) is 0 Å². The van der Waals surface area contributed by atoms with Crippen LogP contribution in [0.25, 0.3) is 11.2 Å². The van der Waals surface area contributed by atoms with Crippen molar-refractivity contribution >= 4 is 28.0 Å². The van der Waals surface area contributed by atoms with Crippen molar-refractivity contribution in [2.24, 2.45) is 0 Å². The summed E-state index contributed by atoms with van der Waals surface area (Å²) in [5.41, 5.74) is 1.34. The Morgan fingerprint density at radius 1 is 1.64 bits per heavy atom. The molecule has 0 atom stereocenters. The Hall–Kier alpha value is -1.43. The molecule has 0 aliphatic heterocycles. The smallest absolute Gasteiger partial charge is 0.196 e. The quantitative estimate of drug-likeness (QED) is 0.755. The number of carbonyl (C=O) groups excluding carboxylic acids is 1. The molecule has 2 rings (SSSR count). The number of H-pyrrole nitrogens is 1. The molecule has 0 fully saturated rings. The summed E-state index contributed by atoms with van der Waals surface area (Å²) >= 11 is 1.10. The molecule has 0 aliphatic rings. The first kappa shape index (κ1) is 9.14. The molecule has 72 valence electrons. The van der Waals surface area contributed by atoms with Crippen molar-refractivity contribution in [1.29, 1.82) is 0 Å². The van der Waals surface area contributed by atoms with E-state index >= 15 is 0 Å². The molecule has 0 saturated carbocycles. The Morgan fingerprint density at radius 2 is 2.50 bits per heavy atom. The Morgan fingerprint density at radius 3 is 3.21 bits per heavy atom. The molecule has 2 heterocycles. The second-order valence-electron chi connectivity index (χ2n) is 2.63. The van der Waals surface area contributed by atoms with Crippen molar-refractivity contribution in [3.63, 3.8) is 0 Å². The molecule has 1 N–H and O–H groups in total. The van der Waals surface area contributed by atoms with Gasteiger partial charge in [-0.3, -0.25) is 4.79 Å². The van der Waals surface area contributed by atoms with E-state index in [0.717, 1.165) is 17.3 Å². The first-order valence-corrected chi connectivity index (χ1v) is 4.97. The first-order valence-electron chi connectivity index (χ1n) is 4.16. The molecule has 2 aromatic rings. The third-order valence-electron chi connectivity index (χ3n) is 1.64. The summed E-state index contributed by atoms with van der Waals surface area (Å²) in [7, 11) is 0. The van der Waals surface area contributed by atoms with Gasteiger partial charge in [0.05, 0.1) is 6.20 Å². The Kier molecular flexibility index (Phi) is 2.45. The van der Waals surface area contributed by atoms with Gasteiger partial charge < -0.3 is 4.98 Å². The molecular formula is C8H8N4OS. The highest BCUT2D eigenvalue weighted by atomic mass is 32.2. The topological polar surface area (TPSA) is 71.5 Å². The van der Waals surface area contributed by atoms with Crippen molar-refractivity contribution in [2.45, 2.75) is 18.5 Å². The van der Waals surface area contributed by atoms with Crippen molar-refractivity contribution in [2.75, 3.05) is 0 Å². The Bertz CT molecular complexity index is 434. The van der Waals surface area contributed by atoms with Crippen molar-refractivity contribution < 1.29 is 4.79 Å². The zero-order valence-electron chi connectivity index (χ0n) is 7.52. The minimum absolute atomic E-state index is 0.0806. The minimum atomic E-state index is 0.0806. The van der Waals surface area contributed by atoms with E-state index in [1.807, 2.05) is 6.92 Å². The zero-order chi connectivity index (χ0) is 9.97. The minimum Gasteiger partial charge on any atom is -0.330 e. The summed E-state index contributed by atoms with van der Waals surface area (Å²) in [6, 6.07) is 0. The van der Waals surface area contributed by atoms with Crippen LogP contribution in [0.15, 0.2) is 17.7 Å². The maximum Gasteiger partial charge on any atom is 0.196 e. The number of imidazole rings is 1. The fourth-order valence-corrected chi connectivity index (χ4v) is 1.62. The van der Waals surface area contributed by atoms with E-state index in [9.17, 15) is 4.79 Å². The number of aromatic amines is 1. The van der Waals surface area contributed by atoms with Gasteiger partial charge in [0.25, 0.3) is 0 Å². The molecular weight excluding hydrogens is 200 g/mol. The molecule has 2 aromatic heterocycles. The number of hydrogen-bond donors (Lipinski definition) is 1. The lowest BCUT2D eigenvalue weighted by Gasteiger charge is -1.89. The molecule has 0 aliphatic carbocycles. The molecule has 0 saturated heterocycles. The van der Waals surface area contributed by atoms with E-state index in [1.54, 1.807) is 6.20 Å². The molecule has 0 unspecified atom stereocenters. The largest absolute Gasteiger partial charge is 0.330 e. The van der Waals surface area contributed by atoms with Gasteiger partial charge in [-0.15, -0.1) is 0 Å². The standard InChI is InChI=1S/C8H8N4OS/c1-2-6(13)14-8-11-5-3-9-4-10-7(5)12-8/h3-4H,2H2,1H3,(H,9,10,11,12). The normalized spacial score (nSPS) is 10.6. The number of nitrogens with one attached hydrogen (secondary N) is 1. The van der Waals surface area contributed by atoms with Crippen LogP contribution in [0.3, 0.4) is 0 Å². The van der Waals surface area contributed by atoms with Gasteiger partial charge in [-0.2, -0.15) is 0 Å². The molecule has 14 heavy (non-hydrogen) atoms. The van der Waals surface area contributed by atoms with Gasteiger partial charge in [-0.25, -0.2) is 15.0 Å². The van der Waals surface area contributed by atoms with E-state index in [2.05, 4.69) is 19.9 Å². The molecule has 6 heteroatoms. The summed E-state index contributed by atoms with van der Waals surface area (Å²) in [5, 5.41) is 0.657. The number of nitrogens with zero attached hydrogens (tertiary/aromatic N) is 3. The van der Waals surface area contributed by atoms with E-state index in [-0.39, 0.29) is 5.12 Å². The SMILES string of the molecule is CCC(=O)Sc1nc2ncncc2[nH]1. The molecule has 0 bridgehead atoms. The Balaban J connectivity index is 2.31. The summed E-state index contributed by atoms with van der Waals surface area (Å²) < 4.78 is 0. The van der Waals surface area contributed by atoms with Gasteiger partial charge in [-0.05, 0) is 11.8 Å². The highest BCUT2D eigenvalue weighted by Crippen LogP contribution is 2.18. The highest BCUT2D eigenvalue weighted by Gasteiger charge is 2.07. The van der Waals surface area contributed by atoms with Crippen molar-refractivity contribution in [3.05, 3.63) is 12.5 Å². The summed E-state index contributed by atoms with van der Waals surface area (Å²) in [6.45, 7) is 1.82. The number of hydrogen-bond acceptors (Lipinski definition) is 5. The average molecular weight is 208 g/mol. The molecule has 0 radical (unpaired) electrons. The van der Waals surface area contributed by atoms with Gasteiger partial charge in [0.2, 0.25) is 0 Å². The number of rotatable bonds is 2. The van der Waals surface area contributed by atoms with Crippen LogP contribution >= 0.6 is 11.8 Å². The second kappa shape index (κ2) is 3.75. The van der Waals surface area contributed by atoms with Crippen LogP contribution in [0.1, 0.15) is 13.3 Å². The zero-order valence-corrected chi connectivity index (χ0v) is 8.34. The lowest BCUT2D eigenvalue weighted by atomic mass is 10.6. The van der Waals surface area contributed by atoms with Gasteiger partial charge in [-0.1, -0.05) is 6.92 Å². The fourth-order valence-electron chi connectivity index (χ4n) is 0.968. The first-order chi connectivity index (χ1) is 6.79. The second-order valence-corrected chi connectivity index (χ2v) is 3.68. The van der Waals surface area contributed by atoms with Crippen molar-refractivity contribution in [1.82, 2.24) is 19.9 Å². The molecule has 5 nitrogen and oxygen atoms in total. The lowest BCUT2D eigenvalue weighted by molar-refractivity contribution is -0.110. The van der Waals surface area contributed by atoms with Crippen molar-refractivity contribution in [3.8, 4) is 0 Å². The van der Waals surface area contributed by atoms with E-state index in [4.69, 9.17) is 0 Å². The van der Waals surface area contributed by atoms with Crippen LogP contribution in [0, 0.1) is 0 Å². The number of thioether (sulfide) groups is 1. The fraction of sp³-hybridized carbons (Fsp3) is 0.250. The number of fused-ring (bicyclic) bond motifs is 1. The third kappa shape index (κ3) is 1.74. The highest BCUT2D eigenvalue weighted by molar-refractivity contribution is 8.13. The maximum atomic E-state index is 11.1. The van der Waals surface area contributed by atoms with Crippen LogP contribution in [0.2, 0.25) is 0 Å². The number of aromatic nitrogens is 4. The van der Waals surface area contributed by atoms with Gasteiger partial charge in [0.15, 0.2) is 15.9 Å². The predicted octanol–water partition coefficient (Wildman–Crippen LogP) is 1.38. The summed E-state index contributed by atoms with van der Waals surface area (Å²) in [5.74, 6) is 0.